The average Bonchev–Trinajstić information content (AvgIpc) is 3.24. The molecule has 11 heteroatoms. The van der Waals surface area contributed by atoms with Gasteiger partial charge in [-0.05, 0) is 24.3 Å². The fraction of sp³-hybridized carbons (Fsp3) is 0.158. The highest BCUT2D eigenvalue weighted by molar-refractivity contribution is 5.67. The largest absolute Gasteiger partial charge is 0.380 e. The van der Waals surface area contributed by atoms with Gasteiger partial charge < -0.3 is 5.11 Å². The van der Waals surface area contributed by atoms with E-state index in [0.717, 1.165) is 12.1 Å². The van der Waals surface area contributed by atoms with Gasteiger partial charge in [0, 0.05) is 37.4 Å². The van der Waals surface area contributed by atoms with Crippen molar-refractivity contribution in [1.82, 2.24) is 30.0 Å². The van der Waals surface area contributed by atoms with E-state index in [4.69, 9.17) is 0 Å². The Labute approximate surface area is 167 Å². The van der Waals surface area contributed by atoms with Gasteiger partial charge in [-0.15, -0.1) is 10.2 Å². The maximum atomic E-state index is 14.3. The Hall–Kier alpha value is -3.60. The highest BCUT2D eigenvalue weighted by atomic mass is 19.1. The van der Waals surface area contributed by atoms with Crippen LogP contribution < -0.4 is 0 Å². The van der Waals surface area contributed by atoms with Crippen molar-refractivity contribution in [2.24, 2.45) is 14.1 Å². The Kier molecular flexibility index (Phi) is 4.82. The second-order valence-corrected chi connectivity index (χ2v) is 6.54. The Bertz CT molecular complexity index is 1160. The number of halogens is 4. The van der Waals surface area contributed by atoms with Crippen LogP contribution in [0.4, 0.5) is 17.6 Å². The highest BCUT2D eigenvalue weighted by Crippen LogP contribution is 2.35. The Balaban J connectivity index is 1.87. The third kappa shape index (κ3) is 3.22. The number of hydrogen-bond donors (Lipinski definition) is 1. The third-order valence-corrected chi connectivity index (χ3v) is 4.63. The van der Waals surface area contributed by atoms with Gasteiger partial charge in [-0.1, -0.05) is 10.4 Å². The van der Waals surface area contributed by atoms with E-state index in [-0.39, 0.29) is 33.9 Å². The fourth-order valence-electron chi connectivity index (χ4n) is 3.22. The first kappa shape index (κ1) is 19.7. The van der Waals surface area contributed by atoms with Crippen molar-refractivity contribution in [3.8, 4) is 22.5 Å². The molecule has 30 heavy (non-hydrogen) atoms. The summed E-state index contributed by atoms with van der Waals surface area (Å²) in [5.41, 5.74) is -0.126. The fourth-order valence-corrected chi connectivity index (χ4v) is 3.22. The average molecular weight is 418 g/mol. The minimum atomic E-state index is -1.51. The SMILES string of the molecule is Cn1nnc(-c2ccc(F)cc2F)c1C(O)c1c(-c2ccc(F)cc2F)nnn1C. The molecule has 0 aliphatic rings. The quantitative estimate of drug-likeness (QED) is 0.516. The molecule has 0 bridgehead atoms. The van der Waals surface area contributed by atoms with E-state index < -0.39 is 29.4 Å². The van der Waals surface area contributed by atoms with Crippen molar-refractivity contribution in [2.75, 3.05) is 0 Å². The van der Waals surface area contributed by atoms with E-state index in [1.165, 1.54) is 35.6 Å². The highest BCUT2D eigenvalue weighted by Gasteiger charge is 2.30. The topological polar surface area (TPSA) is 81.7 Å². The van der Waals surface area contributed by atoms with Crippen LogP contribution in [0.25, 0.3) is 22.5 Å². The molecule has 0 saturated carbocycles. The molecule has 0 spiro atoms. The molecule has 0 saturated heterocycles. The predicted molar refractivity (Wildman–Crippen MR) is 96.8 cm³/mol. The monoisotopic (exact) mass is 418 g/mol. The molecule has 0 fully saturated rings. The van der Waals surface area contributed by atoms with Gasteiger partial charge in [-0.25, -0.2) is 26.9 Å². The molecule has 0 amide bonds. The van der Waals surface area contributed by atoms with E-state index in [1.807, 2.05) is 0 Å². The van der Waals surface area contributed by atoms with Gasteiger partial charge >= 0.3 is 0 Å². The lowest BCUT2D eigenvalue weighted by atomic mass is 10.0. The number of rotatable bonds is 4. The van der Waals surface area contributed by atoms with Crippen LogP contribution in [-0.2, 0) is 14.1 Å². The molecular weight excluding hydrogens is 404 g/mol. The van der Waals surface area contributed by atoms with E-state index in [9.17, 15) is 22.7 Å². The summed E-state index contributed by atoms with van der Waals surface area (Å²) in [7, 11) is 2.94. The van der Waals surface area contributed by atoms with Gasteiger partial charge in [0.25, 0.3) is 0 Å². The molecule has 4 rings (SSSR count). The number of aliphatic hydroxyl groups is 1. The van der Waals surface area contributed by atoms with Gasteiger partial charge in [-0.2, -0.15) is 0 Å². The lowest BCUT2D eigenvalue weighted by Gasteiger charge is -2.15. The summed E-state index contributed by atoms with van der Waals surface area (Å²) in [6, 6.07) is 5.82. The standard InChI is InChI=1S/C19H14F4N6O/c1-28-17(15(24-26-28)11-5-3-9(20)7-13(11)22)19(30)18-16(25-27-29(18)2)12-6-4-10(21)8-14(12)23/h3-8,19,30H,1-2H3. The lowest BCUT2D eigenvalue weighted by Crippen LogP contribution is -2.13. The minimum absolute atomic E-state index is 0.0331. The Morgan fingerprint density at radius 3 is 1.50 bits per heavy atom. The third-order valence-electron chi connectivity index (χ3n) is 4.63. The normalized spacial score (nSPS) is 11.5. The van der Waals surface area contributed by atoms with Crippen molar-refractivity contribution in [2.45, 2.75) is 6.10 Å². The van der Waals surface area contributed by atoms with Crippen LogP contribution >= 0.6 is 0 Å². The zero-order valence-electron chi connectivity index (χ0n) is 15.7. The van der Waals surface area contributed by atoms with Crippen LogP contribution in [-0.4, -0.2) is 35.1 Å². The first-order valence-corrected chi connectivity index (χ1v) is 8.66. The van der Waals surface area contributed by atoms with E-state index >= 15 is 0 Å². The van der Waals surface area contributed by atoms with E-state index in [1.54, 1.807) is 0 Å². The molecule has 4 aromatic rings. The van der Waals surface area contributed by atoms with Crippen molar-refractivity contribution >= 4 is 0 Å². The summed E-state index contributed by atoms with van der Waals surface area (Å²) in [4.78, 5) is 0. The molecule has 2 heterocycles. The summed E-state index contributed by atoms with van der Waals surface area (Å²) in [6.45, 7) is 0. The molecule has 7 nitrogen and oxygen atoms in total. The van der Waals surface area contributed by atoms with Crippen molar-refractivity contribution < 1.29 is 22.7 Å². The van der Waals surface area contributed by atoms with Gasteiger partial charge in [0.1, 0.15) is 52.1 Å². The van der Waals surface area contributed by atoms with Crippen LogP contribution in [0.15, 0.2) is 36.4 Å². The maximum absolute atomic E-state index is 14.3. The first-order chi connectivity index (χ1) is 14.3. The zero-order chi connectivity index (χ0) is 21.6. The number of hydrogen-bond acceptors (Lipinski definition) is 5. The minimum Gasteiger partial charge on any atom is -0.380 e. The second-order valence-electron chi connectivity index (χ2n) is 6.54. The summed E-state index contributed by atoms with van der Waals surface area (Å²) in [5, 5.41) is 26.5. The van der Waals surface area contributed by atoms with Crippen molar-refractivity contribution in [3.63, 3.8) is 0 Å². The molecule has 1 N–H and O–H groups in total. The van der Waals surface area contributed by atoms with Crippen LogP contribution in [0.1, 0.15) is 17.5 Å². The molecule has 0 aliphatic heterocycles. The molecule has 154 valence electrons. The molecule has 2 aromatic heterocycles. The Morgan fingerprint density at radius 2 is 1.13 bits per heavy atom. The van der Waals surface area contributed by atoms with Gasteiger partial charge in [0.2, 0.25) is 0 Å². The molecule has 0 aliphatic carbocycles. The van der Waals surface area contributed by atoms with E-state index in [0.29, 0.717) is 12.1 Å². The zero-order valence-corrected chi connectivity index (χ0v) is 15.7. The molecule has 2 aromatic carbocycles. The first-order valence-electron chi connectivity index (χ1n) is 8.66. The smallest absolute Gasteiger partial charge is 0.142 e. The number of nitrogens with zero attached hydrogens (tertiary/aromatic N) is 6. The van der Waals surface area contributed by atoms with Crippen LogP contribution in [0.2, 0.25) is 0 Å². The van der Waals surface area contributed by atoms with Crippen LogP contribution in [0.5, 0.6) is 0 Å². The molecular formula is C19H14F4N6O. The van der Waals surface area contributed by atoms with Gasteiger partial charge in [0.15, 0.2) is 0 Å². The number of benzene rings is 2. The Morgan fingerprint density at radius 1 is 0.733 bits per heavy atom. The second kappa shape index (κ2) is 7.34. The van der Waals surface area contributed by atoms with Crippen molar-refractivity contribution in [3.05, 3.63) is 71.1 Å². The molecule has 0 unspecified atom stereocenters. The summed E-state index contributed by atoms with van der Waals surface area (Å²) in [6.07, 6.45) is -1.51. The predicted octanol–water partition coefficient (Wildman–Crippen LogP) is 2.92. The molecule has 0 atom stereocenters. The van der Waals surface area contributed by atoms with Crippen LogP contribution in [0, 0.1) is 23.3 Å². The number of aryl methyl sites for hydroxylation is 2. The van der Waals surface area contributed by atoms with Crippen LogP contribution in [0.3, 0.4) is 0 Å². The van der Waals surface area contributed by atoms with Crippen molar-refractivity contribution in [1.29, 1.82) is 0 Å². The van der Waals surface area contributed by atoms with Gasteiger partial charge in [0.05, 0.1) is 0 Å². The summed E-state index contributed by atoms with van der Waals surface area (Å²) < 4.78 is 57.7. The maximum Gasteiger partial charge on any atom is 0.142 e. The summed E-state index contributed by atoms with van der Waals surface area (Å²) >= 11 is 0. The van der Waals surface area contributed by atoms with Gasteiger partial charge in [-0.3, -0.25) is 0 Å². The lowest BCUT2D eigenvalue weighted by molar-refractivity contribution is 0.200. The number of aliphatic hydroxyl groups excluding tert-OH is 1. The number of aromatic nitrogens is 6. The van der Waals surface area contributed by atoms with E-state index in [2.05, 4.69) is 20.6 Å². The summed E-state index contributed by atoms with van der Waals surface area (Å²) in [5.74, 6) is -3.33. The molecule has 0 radical (unpaired) electrons.